The number of rotatable bonds is 8. The number of amidine groups is 1. The lowest BCUT2D eigenvalue weighted by molar-refractivity contribution is -0.144. The summed E-state index contributed by atoms with van der Waals surface area (Å²) in [5, 5.41) is 19.8. The van der Waals surface area contributed by atoms with E-state index in [-0.39, 0.29) is 17.2 Å². The van der Waals surface area contributed by atoms with Gasteiger partial charge < -0.3 is 21.6 Å². The number of anilines is 1. The standard InChI is InChI=1S/C26H26N6O5S/c1-15-11-16(19-7-2-3-8-22(19)38(30,35)36)9-10-20(15)31-25(34)26(14-23(27)33)13-21(32-37-26)17-5-4-6-18(12-17)24(28)29/h2-12H,13-14H2,1H3,(H2,27,33)(H3,28,29)(H,31,34)(H2,30,35,36). The molecule has 0 saturated heterocycles. The number of primary amides is 1. The summed E-state index contributed by atoms with van der Waals surface area (Å²) in [5.74, 6) is -1.50. The first-order valence-electron chi connectivity index (χ1n) is 11.4. The Hall–Kier alpha value is -4.55. The molecule has 1 aliphatic heterocycles. The van der Waals surface area contributed by atoms with Crippen LogP contribution in [-0.4, -0.2) is 37.4 Å². The van der Waals surface area contributed by atoms with E-state index in [0.717, 1.165) is 0 Å². The van der Waals surface area contributed by atoms with Crippen LogP contribution in [0.5, 0.6) is 0 Å². The quantitative estimate of drug-likeness (QED) is 0.216. The SMILES string of the molecule is Cc1cc(-c2ccccc2S(N)(=O)=O)ccc1NC(=O)C1(CC(N)=O)CC(c2cccc(C(=N)N)c2)=NO1. The Balaban J connectivity index is 1.60. The number of nitrogens with two attached hydrogens (primary N) is 3. The normalized spacial score (nSPS) is 16.8. The van der Waals surface area contributed by atoms with Gasteiger partial charge in [0.2, 0.25) is 21.5 Å². The molecule has 0 spiro atoms. The van der Waals surface area contributed by atoms with Crippen LogP contribution in [0.4, 0.5) is 5.69 Å². The first-order chi connectivity index (χ1) is 17.9. The summed E-state index contributed by atoms with van der Waals surface area (Å²) >= 11 is 0. The molecular formula is C26H26N6O5S. The molecule has 1 heterocycles. The molecule has 0 aliphatic carbocycles. The van der Waals surface area contributed by atoms with Crippen LogP contribution in [0.1, 0.15) is 29.5 Å². The van der Waals surface area contributed by atoms with Gasteiger partial charge in [0.1, 0.15) is 5.84 Å². The summed E-state index contributed by atoms with van der Waals surface area (Å²) in [6.45, 7) is 1.74. The Kier molecular flexibility index (Phi) is 7.03. The zero-order chi connectivity index (χ0) is 27.7. The van der Waals surface area contributed by atoms with Crippen LogP contribution in [-0.2, 0) is 24.4 Å². The van der Waals surface area contributed by atoms with Crippen molar-refractivity contribution in [2.45, 2.75) is 30.3 Å². The van der Waals surface area contributed by atoms with Crippen molar-refractivity contribution in [2.75, 3.05) is 5.32 Å². The lowest BCUT2D eigenvalue weighted by Gasteiger charge is -2.24. The fraction of sp³-hybridized carbons (Fsp3) is 0.154. The number of oxime groups is 1. The van der Waals surface area contributed by atoms with E-state index in [1.54, 1.807) is 67.6 Å². The van der Waals surface area contributed by atoms with Crippen LogP contribution in [0.25, 0.3) is 11.1 Å². The number of hydrogen-bond acceptors (Lipinski definition) is 7. The Labute approximate surface area is 219 Å². The molecule has 0 bridgehead atoms. The van der Waals surface area contributed by atoms with Crippen LogP contribution in [0.3, 0.4) is 0 Å². The summed E-state index contributed by atoms with van der Waals surface area (Å²) in [6.07, 6.45) is -0.459. The minimum atomic E-state index is -3.95. The molecule has 0 radical (unpaired) electrons. The highest BCUT2D eigenvalue weighted by atomic mass is 32.2. The third kappa shape index (κ3) is 5.41. The molecule has 1 atom stereocenters. The second-order valence-corrected chi connectivity index (χ2v) is 10.5. The van der Waals surface area contributed by atoms with Crippen molar-refractivity contribution in [1.82, 2.24) is 0 Å². The van der Waals surface area contributed by atoms with E-state index < -0.39 is 33.9 Å². The van der Waals surface area contributed by atoms with Crippen molar-refractivity contribution < 1.29 is 22.8 Å². The summed E-state index contributed by atoms with van der Waals surface area (Å²) in [6, 6.07) is 18.1. The third-order valence-corrected chi connectivity index (χ3v) is 7.11. The molecule has 0 saturated carbocycles. The largest absolute Gasteiger partial charge is 0.384 e. The smallest absolute Gasteiger partial charge is 0.272 e. The second-order valence-electron chi connectivity index (χ2n) is 8.96. The van der Waals surface area contributed by atoms with Crippen LogP contribution < -0.4 is 21.9 Å². The van der Waals surface area contributed by atoms with Crippen molar-refractivity contribution in [3.8, 4) is 11.1 Å². The highest BCUT2D eigenvalue weighted by Crippen LogP contribution is 2.34. The highest BCUT2D eigenvalue weighted by Gasteiger charge is 2.48. The monoisotopic (exact) mass is 534 g/mol. The number of nitrogen functional groups attached to an aromatic ring is 1. The van der Waals surface area contributed by atoms with E-state index in [2.05, 4.69) is 10.5 Å². The van der Waals surface area contributed by atoms with Gasteiger partial charge in [0.25, 0.3) is 5.91 Å². The van der Waals surface area contributed by atoms with Crippen molar-refractivity contribution >= 4 is 39.1 Å². The van der Waals surface area contributed by atoms with E-state index in [9.17, 15) is 18.0 Å². The van der Waals surface area contributed by atoms with Crippen LogP contribution in [0, 0.1) is 12.3 Å². The molecule has 0 fully saturated rings. The second kappa shape index (κ2) is 10.1. The molecule has 1 aliphatic rings. The number of hydrogen-bond donors (Lipinski definition) is 5. The first-order valence-corrected chi connectivity index (χ1v) is 13.0. The molecule has 12 heteroatoms. The van der Waals surface area contributed by atoms with Gasteiger partial charge in [-0.2, -0.15) is 0 Å². The minimum Gasteiger partial charge on any atom is -0.384 e. The van der Waals surface area contributed by atoms with E-state index in [1.807, 2.05) is 0 Å². The fourth-order valence-electron chi connectivity index (χ4n) is 4.24. The lowest BCUT2D eigenvalue weighted by atomic mass is 9.89. The van der Waals surface area contributed by atoms with Crippen molar-refractivity contribution in [1.29, 1.82) is 5.41 Å². The first kappa shape index (κ1) is 26.5. The number of amides is 2. The molecule has 38 heavy (non-hydrogen) atoms. The maximum Gasteiger partial charge on any atom is 0.272 e. The predicted molar refractivity (Wildman–Crippen MR) is 143 cm³/mol. The zero-order valence-corrected chi connectivity index (χ0v) is 21.2. The average Bonchev–Trinajstić information content (AvgIpc) is 3.29. The zero-order valence-electron chi connectivity index (χ0n) is 20.4. The Morgan fingerprint density at radius 2 is 1.79 bits per heavy atom. The van der Waals surface area contributed by atoms with E-state index in [1.165, 1.54) is 6.07 Å². The summed E-state index contributed by atoms with van der Waals surface area (Å²) in [7, 11) is -3.95. The summed E-state index contributed by atoms with van der Waals surface area (Å²) < 4.78 is 24.0. The maximum atomic E-state index is 13.4. The van der Waals surface area contributed by atoms with Gasteiger partial charge >= 0.3 is 0 Å². The molecule has 11 nitrogen and oxygen atoms in total. The Morgan fingerprint density at radius 1 is 1.05 bits per heavy atom. The molecule has 1 unspecified atom stereocenters. The van der Waals surface area contributed by atoms with Crippen molar-refractivity contribution in [2.24, 2.45) is 21.8 Å². The number of sulfonamides is 1. The van der Waals surface area contributed by atoms with Gasteiger partial charge in [-0.25, -0.2) is 13.6 Å². The summed E-state index contributed by atoms with van der Waals surface area (Å²) in [4.78, 5) is 30.9. The Morgan fingerprint density at radius 3 is 2.45 bits per heavy atom. The van der Waals surface area contributed by atoms with Gasteiger partial charge in [-0.1, -0.05) is 47.6 Å². The van der Waals surface area contributed by atoms with Crippen LogP contribution >= 0.6 is 0 Å². The minimum absolute atomic E-state index is 0.0190. The van der Waals surface area contributed by atoms with Gasteiger partial charge in [0.15, 0.2) is 0 Å². The number of primary sulfonamides is 1. The highest BCUT2D eigenvalue weighted by molar-refractivity contribution is 7.89. The summed E-state index contributed by atoms with van der Waals surface area (Å²) in [5.41, 5.74) is 12.9. The van der Waals surface area contributed by atoms with Crippen molar-refractivity contribution in [3.63, 3.8) is 0 Å². The molecule has 2 amide bonds. The molecule has 3 aromatic carbocycles. The van der Waals surface area contributed by atoms with Crippen molar-refractivity contribution in [3.05, 3.63) is 83.4 Å². The number of aryl methyl sites for hydroxylation is 1. The third-order valence-electron chi connectivity index (χ3n) is 6.14. The van der Waals surface area contributed by atoms with E-state index in [0.29, 0.717) is 39.2 Å². The molecule has 8 N–H and O–H groups in total. The number of nitrogens with zero attached hydrogens (tertiary/aromatic N) is 1. The van der Waals surface area contributed by atoms with Gasteiger partial charge in [0, 0.05) is 28.8 Å². The Bertz CT molecular complexity index is 1600. The van der Waals surface area contributed by atoms with Gasteiger partial charge in [-0.05, 0) is 42.3 Å². The van der Waals surface area contributed by atoms with Gasteiger partial charge in [-0.15, -0.1) is 0 Å². The number of carbonyl (C=O) groups is 2. The number of benzene rings is 3. The molecule has 3 aromatic rings. The number of nitrogens with one attached hydrogen (secondary N) is 2. The van der Waals surface area contributed by atoms with Crippen LogP contribution in [0.2, 0.25) is 0 Å². The molecule has 0 aromatic heterocycles. The number of carbonyl (C=O) groups excluding carboxylic acids is 2. The molecule has 4 rings (SSSR count). The molecular weight excluding hydrogens is 508 g/mol. The predicted octanol–water partition coefficient (Wildman–Crippen LogP) is 1.97. The van der Waals surface area contributed by atoms with Gasteiger partial charge in [-0.3, -0.25) is 15.0 Å². The fourth-order valence-corrected chi connectivity index (χ4v) is 5.00. The van der Waals surface area contributed by atoms with E-state index >= 15 is 0 Å². The van der Waals surface area contributed by atoms with Gasteiger partial charge in [0.05, 0.1) is 17.0 Å². The lowest BCUT2D eigenvalue weighted by Crippen LogP contribution is -2.46. The molecule has 196 valence electrons. The van der Waals surface area contributed by atoms with E-state index in [4.69, 9.17) is 26.9 Å². The van der Waals surface area contributed by atoms with Crippen LogP contribution in [0.15, 0.2) is 76.8 Å². The maximum absolute atomic E-state index is 13.4. The average molecular weight is 535 g/mol. The topological polar surface area (TPSA) is 204 Å².